The van der Waals surface area contributed by atoms with Crippen molar-refractivity contribution in [2.24, 2.45) is 0 Å². The second-order valence-electron chi connectivity index (χ2n) is 5.45. The van der Waals surface area contributed by atoms with Gasteiger partial charge in [-0.1, -0.05) is 6.07 Å². The normalized spacial score (nSPS) is 23.8. The highest BCUT2D eigenvalue weighted by molar-refractivity contribution is 5.38. The predicted molar refractivity (Wildman–Crippen MR) is 73.8 cm³/mol. The molecule has 0 radical (unpaired) electrons. The van der Waals surface area contributed by atoms with Gasteiger partial charge in [-0.15, -0.1) is 0 Å². The molecular weight excluding hydrogens is 256 g/mol. The van der Waals surface area contributed by atoms with Gasteiger partial charge >= 0.3 is 0 Å². The summed E-state index contributed by atoms with van der Waals surface area (Å²) in [6, 6.07) is 6.24. The Hall–Kier alpha value is -2.14. The number of aromatic nitrogens is 2. The standard InChI is InChI=1S/C15H16N2O3/c1-15(2)14(19)13(17-8-4-3-5-12(17)18)10-6-7-16-9-11(10)20-15/h3-9,13-14,19H,1-2H3. The molecule has 1 aliphatic heterocycles. The van der Waals surface area contributed by atoms with E-state index in [9.17, 15) is 9.90 Å². The molecule has 104 valence electrons. The highest BCUT2D eigenvalue weighted by atomic mass is 16.5. The van der Waals surface area contributed by atoms with Crippen molar-refractivity contribution in [3.05, 3.63) is 58.8 Å². The molecular formula is C15H16N2O3. The first-order valence-corrected chi connectivity index (χ1v) is 6.49. The van der Waals surface area contributed by atoms with E-state index in [1.165, 1.54) is 10.6 Å². The van der Waals surface area contributed by atoms with E-state index >= 15 is 0 Å². The molecule has 0 spiro atoms. The van der Waals surface area contributed by atoms with Gasteiger partial charge in [-0.3, -0.25) is 9.78 Å². The summed E-state index contributed by atoms with van der Waals surface area (Å²) in [5.41, 5.74) is -0.187. The van der Waals surface area contributed by atoms with E-state index in [0.717, 1.165) is 5.56 Å². The molecule has 1 aliphatic rings. The second kappa shape index (κ2) is 4.45. The Morgan fingerprint density at radius 3 is 2.90 bits per heavy atom. The van der Waals surface area contributed by atoms with Crippen LogP contribution >= 0.6 is 0 Å². The van der Waals surface area contributed by atoms with E-state index in [0.29, 0.717) is 5.75 Å². The highest BCUT2D eigenvalue weighted by Crippen LogP contribution is 2.40. The number of pyridine rings is 2. The van der Waals surface area contributed by atoms with Gasteiger partial charge in [0.05, 0.1) is 12.2 Å². The number of aliphatic hydroxyl groups is 1. The van der Waals surface area contributed by atoms with Gasteiger partial charge in [-0.2, -0.15) is 0 Å². The maximum atomic E-state index is 12.1. The zero-order chi connectivity index (χ0) is 14.3. The fourth-order valence-corrected chi connectivity index (χ4v) is 2.59. The minimum atomic E-state index is -0.836. The lowest BCUT2D eigenvalue weighted by Gasteiger charge is -2.42. The van der Waals surface area contributed by atoms with Crippen LogP contribution in [0.4, 0.5) is 0 Å². The van der Waals surface area contributed by atoms with Gasteiger partial charge in [0.2, 0.25) is 0 Å². The Kier molecular flexibility index (Phi) is 2.87. The van der Waals surface area contributed by atoms with E-state index < -0.39 is 17.7 Å². The minimum absolute atomic E-state index is 0.156. The van der Waals surface area contributed by atoms with E-state index in [1.54, 1.807) is 50.6 Å². The lowest BCUT2D eigenvalue weighted by Crippen LogP contribution is -2.52. The second-order valence-corrected chi connectivity index (χ2v) is 5.45. The Labute approximate surface area is 116 Å². The largest absolute Gasteiger partial charge is 0.483 e. The van der Waals surface area contributed by atoms with Gasteiger partial charge in [-0.25, -0.2) is 0 Å². The molecule has 3 rings (SSSR count). The fourth-order valence-electron chi connectivity index (χ4n) is 2.59. The van der Waals surface area contributed by atoms with Gasteiger partial charge in [0, 0.05) is 24.0 Å². The molecule has 5 heteroatoms. The van der Waals surface area contributed by atoms with E-state index in [-0.39, 0.29) is 5.56 Å². The number of rotatable bonds is 1. The van der Waals surface area contributed by atoms with E-state index in [1.807, 2.05) is 0 Å². The van der Waals surface area contributed by atoms with Crippen molar-refractivity contribution in [3.8, 4) is 5.75 Å². The summed E-state index contributed by atoms with van der Waals surface area (Å²) >= 11 is 0. The lowest BCUT2D eigenvalue weighted by atomic mass is 9.87. The van der Waals surface area contributed by atoms with Crippen LogP contribution in [0.3, 0.4) is 0 Å². The molecule has 5 nitrogen and oxygen atoms in total. The molecule has 0 amide bonds. The van der Waals surface area contributed by atoms with Crippen LogP contribution in [0.5, 0.6) is 5.75 Å². The van der Waals surface area contributed by atoms with Crippen molar-refractivity contribution in [2.45, 2.75) is 31.6 Å². The fraction of sp³-hybridized carbons (Fsp3) is 0.333. The number of ether oxygens (including phenoxy) is 1. The molecule has 0 saturated carbocycles. The maximum Gasteiger partial charge on any atom is 0.251 e. The SMILES string of the molecule is CC1(C)Oc2cnccc2C(n2ccccc2=O)C1O. The third kappa shape index (κ3) is 1.91. The van der Waals surface area contributed by atoms with Crippen molar-refractivity contribution < 1.29 is 9.84 Å². The third-order valence-corrected chi connectivity index (χ3v) is 3.67. The van der Waals surface area contributed by atoms with Crippen LogP contribution in [0.25, 0.3) is 0 Å². The topological polar surface area (TPSA) is 64.4 Å². The van der Waals surface area contributed by atoms with Gasteiger partial charge in [0.25, 0.3) is 5.56 Å². The zero-order valence-electron chi connectivity index (χ0n) is 11.4. The molecule has 0 fully saturated rings. The first-order valence-electron chi connectivity index (χ1n) is 6.49. The summed E-state index contributed by atoms with van der Waals surface area (Å²) in [4.78, 5) is 16.1. The first-order chi connectivity index (χ1) is 9.50. The van der Waals surface area contributed by atoms with Gasteiger partial charge < -0.3 is 14.4 Å². The minimum Gasteiger partial charge on any atom is -0.483 e. The number of aliphatic hydroxyl groups excluding tert-OH is 1. The van der Waals surface area contributed by atoms with Crippen LogP contribution in [-0.4, -0.2) is 26.4 Å². The van der Waals surface area contributed by atoms with Crippen molar-refractivity contribution >= 4 is 0 Å². The van der Waals surface area contributed by atoms with Gasteiger partial charge in [0.15, 0.2) is 0 Å². The van der Waals surface area contributed by atoms with Crippen LogP contribution in [-0.2, 0) is 0 Å². The van der Waals surface area contributed by atoms with Crippen LogP contribution in [0.2, 0.25) is 0 Å². The van der Waals surface area contributed by atoms with Gasteiger partial charge in [0.1, 0.15) is 17.5 Å². The van der Waals surface area contributed by atoms with Crippen LogP contribution in [0.1, 0.15) is 25.5 Å². The monoisotopic (exact) mass is 272 g/mol. The molecule has 3 heterocycles. The van der Waals surface area contributed by atoms with Crippen LogP contribution in [0, 0.1) is 0 Å². The zero-order valence-corrected chi connectivity index (χ0v) is 11.4. The molecule has 20 heavy (non-hydrogen) atoms. The Morgan fingerprint density at radius 1 is 1.35 bits per heavy atom. The Balaban J connectivity index is 2.23. The third-order valence-electron chi connectivity index (χ3n) is 3.67. The summed E-state index contributed by atoms with van der Waals surface area (Å²) in [6.45, 7) is 3.60. The summed E-state index contributed by atoms with van der Waals surface area (Å²) < 4.78 is 7.33. The Morgan fingerprint density at radius 2 is 2.15 bits per heavy atom. The molecule has 0 bridgehead atoms. The van der Waals surface area contributed by atoms with E-state index in [2.05, 4.69) is 4.98 Å². The number of nitrogens with zero attached hydrogens (tertiary/aromatic N) is 2. The number of hydrogen-bond acceptors (Lipinski definition) is 4. The van der Waals surface area contributed by atoms with Gasteiger partial charge in [-0.05, 0) is 26.0 Å². The molecule has 2 atom stereocenters. The molecule has 2 unspecified atom stereocenters. The van der Waals surface area contributed by atoms with Crippen molar-refractivity contribution in [1.29, 1.82) is 0 Å². The van der Waals surface area contributed by atoms with E-state index in [4.69, 9.17) is 4.74 Å². The van der Waals surface area contributed by atoms with Crippen molar-refractivity contribution in [1.82, 2.24) is 9.55 Å². The van der Waals surface area contributed by atoms with Crippen LogP contribution < -0.4 is 10.3 Å². The summed E-state index contributed by atoms with van der Waals surface area (Å²) in [6.07, 6.45) is 4.09. The smallest absolute Gasteiger partial charge is 0.251 e. The Bertz CT molecular complexity index is 693. The molecule has 1 N–H and O–H groups in total. The number of fused-ring (bicyclic) bond motifs is 1. The van der Waals surface area contributed by atoms with Crippen molar-refractivity contribution in [3.63, 3.8) is 0 Å². The predicted octanol–water partition coefficient (Wildman–Crippen LogP) is 1.36. The quantitative estimate of drug-likeness (QED) is 0.851. The average molecular weight is 272 g/mol. The summed E-state index contributed by atoms with van der Waals surface area (Å²) in [7, 11) is 0. The van der Waals surface area contributed by atoms with Crippen LogP contribution in [0.15, 0.2) is 47.7 Å². The lowest BCUT2D eigenvalue weighted by molar-refractivity contribution is -0.0645. The van der Waals surface area contributed by atoms with Crippen molar-refractivity contribution in [2.75, 3.05) is 0 Å². The molecule has 0 aliphatic carbocycles. The molecule has 0 saturated heterocycles. The highest BCUT2D eigenvalue weighted by Gasteiger charge is 2.44. The number of hydrogen-bond donors (Lipinski definition) is 1. The first kappa shape index (κ1) is 12.9. The maximum absolute atomic E-state index is 12.1. The molecule has 2 aromatic heterocycles. The molecule has 0 aromatic carbocycles. The average Bonchev–Trinajstić information content (AvgIpc) is 2.41. The summed E-state index contributed by atoms with van der Waals surface area (Å²) in [5, 5.41) is 10.6. The summed E-state index contributed by atoms with van der Waals surface area (Å²) in [5.74, 6) is 0.601. The molecule has 2 aromatic rings.